The number of anilines is 2. The van der Waals surface area contributed by atoms with Crippen molar-refractivity contribution in [3.05, 3.63) is 70.4 Å². The molecule has 33 heavy (non-hydrogen) atoms. The van der Waals surface area contributed by atoms with Gasteiger partial charge in [0.2, 0.25) is 0 Å². The fourth-order valence-corrected chi connectivity index (χ4v) is 2.39. The van der Waals surface area contributed by atoms with E-state index in [-0.39, 0.29) is 34.5 Å². The number of methoxy groups -OCH3 is 1. The molecular formula is C20H16F3N3O7. The molecule has 174 valence electrons. The Morgan fingerprint density at radius 1 is 1.12 bits per heavy atom. The molecule has 0 spiro atoms. The summed E-state index contributed by atoms with van der Waals surface area (Å²) in [4.78, 5) is 45.6. The summed E-state index contributed by atoms with van der Waals surface area (Å²) in [5.41, 5.74) is -0.425. The predicted molar refractivity (Wildman–Crippen MR) is 109 cm³/mol. The number of nitrogens with one attached hydrogen (secondary N) is 2. The first-order chi connectivity index (χ1) is 15.5. The third-order valence-corrected chi connectivity index (χ3v) is 3.90. The number of non-ortho nitro benzene ring substituents is 1. The zero-order chi connectivity index (χ0) is 24.6. The van der Waals surface area contributed by atoms with Crippen LogP contribution in [0.15, 0.2) is 54.7 Å². The molecule has 0 aliphatic carbocycles. The molecule has 0 radical (unpaired) electrons. The number of para-hydroxylation sites is 1. The molecule has 0 aliphatic heterocycles. The van der Waals surface area contributed by atoms with Crippen molar-refractivity contribution in [1.29, 1.82) is 0 Å². The molecule has 13 heteroatoms. The van der Waals surface area contributed by atoms with Crippen LogP contribution in [0.2, 0.25) is 0 Å². The Labute approximate surface area is 184 Å². The number of nitro benzene ring substituents is 1. The summed E-state index contributed by atoms with van der Waals surface area (Å²) < 4.78 is 46.6. The highest BCUT2D eigenvalue weighted by atomic mass is 19.4. The third-order valence-electron chi connectivity index (χ3n) is 3.90. The molecule has 0 aromatic heterocycles. The fourth-order valence-electron chi connectivity index (χ4n) is 2.39. The van der Waals surface area contributed by atoms with Crippen molar-refractivity contribution in [3.63, 3.8) is 0 Å². The SMILES string of the molecule is COc1ccc([N+](=O)[O-])cc1NC(=O)COC(=O)c1ccccc1NC=CC(=O)C(F)(F)F. The van der Waals surface area contributed by atoms with Gasteiger partial charge in [-0.05, 0) is 18.2 Å². The summed E-state index contributed by atoms with van der Waals surface area (Å²) in [5.74, 6) is -3.78. The second-order valence-corrected chi connectivity index (χ2v) is 6.15. The van der Waals surface area contributed by atoms with E-state index in [9.17, 15) is 37.7 Å². The number of carbonyl (C=O) groups is 3. The maximum atomic E-state index is 12.3. The average molecular weight is 467 g/mol. The van der Waals surface area contributed by atoms with Gasteiger partial charge in [-0.25, -0.2) is 4.79 Å². The summed E-state index contributed by atoms with van der Waals surface area (Å²) in [6.45, 7) is -0.776. The molecule has 0 atom stereocenters. The van der Waals surface area contributed by atoms with E-state index in [1.165, 1.54) is 43.5 Å². The first-order valence-corrected chi connectivity index (χ1v) is 8.95. The molecule has 1 amide bonds. The predicted octanol–water partition coefficient (Wildman–Crippen LogP) is 3.46. The number of benzene rings is 2. The number of nitro groups is 1. The Bertz CT molecular complexity index is 1100. The highest BCUT2D eigenvalue weighted by molar-refractivity contribution is 5.99. The van der Waals surface area contributed by atoms with Gasteiger partial charge in [-0.2, -0.15) is 13.2 Å². The molecule has 2 rings (SSSR count). The zero-order valence-corrected chi connectivity index (χ0v) is 16.8. The van der Waals surface area contributed by atoms with Crippen LogP contribution in [0.3, 0.4) is 0 Å². The maximum Gasteiger partial charge on any atom is 0.454 e. The van der Waals surface area contributed by atoms with Gasteiger partial charge in [0, 0.05) is 24.4 Å². The lowest BCUT2D eigenvalue weighted by Crippen LogP contribution is -2.22. The number of carbonyl (C=O) groups excluding carboxylic acids is 3. The highest BCUT2D eigenvalue weighted by Gasteiger charge is 2.36. The van der Waals surface area contributed by atoms with Crippen LogP contribution < -0.4 is 15.4 Å². The molecule has 2 aromatic carbocycles. The number of rotatable bonds is 9. The van der Waals surface area contributed by atoms with E-state index < -0.39 is 35.4 Å². The van der Waals surface area contributed by atoms with Crippen molar-refractivity contribution < 1.29 is 42.0 Å². The second-order valence-electron chi connectivity index (χ2n) is 6.15. The Hall–Kier alpha value is -4.42. The Balaban J connectivity index is 2.03. The van der Waals surface area contributed by atoms with Crippen LogP contribution in [-0.4, -0.2) is 42.5 Å². The average Bonchev–Trinajstić information content (AvgIpc) is 2.77. The van der Waals surface area contributed by atoms with E-state index in [1.54, 1.807) is 0 Å². The molecular weight excluding hydrogens is 451 g/mol. The zero-order valence-electron chi connectivity index (χ0n) is 16.8. The van der Waals surface area contributed by atoms with Crippen molar-refractivity contribution in [3.8, 4) is 5.75 Å². The lowest BCUT2D eigenvalue weighted by atomic mass is 10.2. The number of esters is 1. The van der Waals surface area contributed by atoms with E-state index in [2.05, 4.69) is 10.6 Å². The lowest BCUT2D eigenvalue weighted by Gasteiger charge is -2.11. The first-order valence-electron chi connectivity index (χ1n) is 8.95. The summed E-state index contributed by atoms with van der Waals surface area (Å²) in [7, 11) is 1.29. The summed E-state index contributed by atoms with van der Waals surface area (Å²) in [6.07, 6.45) is -4.07. The van der Waals surface area contributed by atoms with Crippen molar-refractivity contribution in [2.24, 2.45) is 0 Å². The van der Waals surface area contributed by atoms with Gasteiger partial charge < -0.3 is 20.1 Å². The van der Waals surface area contributed by atoms with Gasteiger partial charge in [-0.3, -0.25) is 19.7 Å². The lowest BCUT2D eigenvalue weighted by molar-refractivity contribution is -0.384. The number of hydrogen-bond donors (Lipinski definition) is 2. The molecule has 0 heterocycles. The number of ketones is 1. The van der Waals surface area contributed by atoms with Gasteiger partial charge in [0.05, 0.1) is 29.0 Å². The molecule has 2 aromatic rings. The minimum Gasteiger partial charge on any atom is -0.495 e. The molecule has 0 bridgehead atoms. The van der Waals surface area contributed by atoms with E-state index >= 15 is 0 Å². The topological polar surface area (TPSA) is 137 Å². The monoisotopic (exact) mass is 467 g/mol. The van der Waals surface area contributed by atoms with Crippen LogP contribution in [0, 0.1) is 10.1 Å². The van der Waals surface area contributed by atoms with Crippen molar-refractivity contribution in [1.82, 2.24) is 0 Å². The molecule has 10 nitrogen and oxygen atoms in total. The van der Waals surface area contributed by atoms with Gasteiger partial charge in [-0.15, -0.1) is 0 Å². The number of alkyl halides is 3. The van der Waals surface area contributed by atoms with Crippen LogP contribution in [0.4, 0.5) is 30.2 Å². The van der Waals surface area contributed by atoms with E-state index in [0.29, 0.717) is 6.20 Å². The quantitative estimate of drug-likeness (QED) is 0.248. The van der Waals surface area contributed by atoms with Gasteiger partial charge in [0.25, 0.3) is 17.4 Å². The minimum absolute atomic E-state index is 0.0192. The number of ether oxygens (including phenoxy) is 2. The first kappa shape index (κ1) is 24.8. The molecule has 0 saturated heterocycles. The maximum absolute atomic E-state index is 12.3. The Morgan fingerprint density at radius 2 is 1.82 bits per heavy atom. The molecule has 0 unspecified atom stereocenters. The number of halogens is 3. The van der Waals surface area contributed by atoms with Crippen LogP contribution in [0.1, 0.15) is 10.4 Å². The fraction of sp³-hybridized carbons (Fsp3) is 0.150. The molecule has 0 saturated carbocycles. The summed E-state index contributed by atoms with van der Waals surface area (Å²) in [5, 5.41) is 15.6. The Morgan fingerprint density at radius 3 is 2.45 bits per heavy atom. The third kappa shape index (κ3) is 7.05. The summed E-state index contributed by atoms with van der Waals surface area (Å²) in [6, 6.07) is 9.05. The van der Waals surface area contributed by atoms with Crippen LogP contribution in [0.5, 0.6) is 5.75 Å². The van der Waals surface area contributed by atoms with Gasteiger partial charge in [-0.1, -0.05) is 12.1 Å². The summed E-state index contributed by atoms with van der Waals surface area (Å²) >= 11 is 0. The van der Waals surface area contributed by atoms with E-state index in [4.69, 9.17) is 9.47 Å². The van der Waals surface area contributed by atoms with Crippen molar-refractivity contribution >= 4 is 34.7 Å². The van der Waals surface area contributed by atoms with Crippen LogP contribution in [-0.2, 0) is 14.3 Å². The van der Waals surface area contributed by atoms with Gasteiger partial charge in [0.1, 0.15) is 5.75 Å². The largest absolute Gasteiger partial charge is 0.495 e. The van der Waals surface area contributed by atoms with Gasteiger partial charge >= 0.3 is 12.1 Å². The smallest absolute Gasteiger partial charge is 0.454 e. The van der Waals surface area contributed by atoms with E-state index in [0.717, 1.165) is 6.07 Å². The van der Waals surface area contributed by atoms with Crippen molar-refractivity contribution in [2.75, 3.05) is 24.4 Å². The van der Waals surface area contributed by atoms with Crippen LogP contribution in [0.25, 0.3) is 0 Å². The number of allylic oxidation sites excluding steroid dienone is 1. The molecule has 0 fully saturated rings. The minimum atomic E-state index is -5.04. The van der Waals surface area contributed by atoms with Crippen molar-refractivity contribution in [2.45, 2.75) is 6.18 Å². The normalized spacial score (nSPS) is 11.0. The number of amides is 1. The molecule has 0 aliphatic rings. The highest BCUT2D eigenvalue weighted by Crippen LogP contribution is 2.28. The Kier molecular flexibility index (Phi) is 8.09. The number of hydrogen-bond acceptors (Lipinski definition) is 8. The van der Waals surface area contributed by atoms with Gasteiger partial charge in [0.15, 0.2) is 6.61 Å². The molecule has 2 N–H and O–H groups in total. The second kappa shape index (κ2) is 10.7. The van der Waals surface area contributed by atoms with E-state index in [1.807, 2.05) is 0 Å². The number of nitrogens with zero attached hydrogens (tertiary/aromatic N) is 1. The standard InChI is InChI=1S/C20H16F3N3O7/c1-32-16-7-6-12(26(30)31)10-15(16)25-18(28)11-33-19(29)13-4-2-3-5-14(13)24-9-8-17(27)20(21,22)23/h2-10,24H,11H2,1H3,(H,25,28). The van der Waals surface area contributed by atoms with Crippen LogP contribution >= 0.6 is 0 Å².